The van der Waals surface area contributed by atoms with Crippen LogP contribution in [0.1, 0.15) is 36.5 Å². The highest BCUT2D eigenvalue weighted by Crippen LogP contribution is 2.38. The number of pyridine rings is 1. The first-order valence-electron chi connectivity index (χ1n) is 6.24. The summed E-state index contributed by atoms with van der Waals surface area (Å²) in [4.78, 5) is 32.8. The summed E-state index contributed by atoms with van der Waals surface area (Å²) < 4.78 is 5.29. The van der Waals surface area contributed by atoms with Gasteiger partial charge in [-0.25, -0.2) is 9.78 Å². The van der Waals surface area contributed by atoms with Crippen LogP contribution in [0.4, 0.5) is 5.69 Å². The van der Waals surface area contributed by atoms with Crippen molar-refractivity contribution in [3.05, 3.63) is 22.5 Å². The molecule has 0 saturated carbocycles. The summed E-state index contributed by atoms with van der Waals surface area (Å²) in [5.41, 5.74) is -0.315. The van der Waals surface area contributed by atoms with Crippen LogP contribution in [-0.4, -0.2) is 28.6 Å². The number of rotatable bonds is 3. The van der Waals surface area contributed by atoms with E-state index in [1.54, 1.807) is 13.0 Å². The number of esters is 1. The number of amides is 1. The van der Waals surface area contributed by atoms with Crippen LogP contribution in [0.25, 0.3) is 0 Å². The molecule has 0 spiro atoms. The number of aromatic nitrogens is 1. The normalized spacial score (nSPS) is 20.1. The van der Waals surface area contributed by atoms with Crippen LogP contribution in [-0.2, 0) is 20.0 Å². The SMILES string of the molecule is COC(=O)c1nc(C2(C)CC(Br)=NO2)cc(NC(C)=O)c1Cl. The monoisotopic (exact) mass is 389 g/mol. The van der Waals surface area contributed by atoms with E-state index in [1.807, 2.05) is 0 Å². The summed E-state index contributed by atoms with van der Waals surface area (Å²) >= 11 is 9.38. The lowest BCUT2D eigenvalue weighted by atomic mass is 9.97. The largest absolute Gasteiger partial charge is 0.464 e. The van der Waals surface area contributed by atoms with Crippen molar-refractivity contribution in [1.29, 1.82) is 0 Å². The second kappa shape index (κ2) is 6.21. The van der Waals surface area contributed by atoms with Crippen LogP contribution in [0.3, 0.4) is 0 Å². The van der Waals surface area contributed by atoms with Crippen molar-refractivity contribution in [3.8, 4) is 0 Å². The highest BCUT2D eigenvalue weighted by atomic mass is 79.9. The number of hydrogen-bond acceptors (Lipinski definition) is 6. The number of carbonyl (C=O) groups is 2. The van der Waals surface area contributed by atoms with Gasteiger partial charge in [0.15, 0.2) is 11.3 Å². The Morgan fingerprint density at radius 2 is 2.23 bits per heavy atom. The highest BCUT2D eigenvalue weighted by Gasteiger charge is 2.38. The molecule has 7 nitrogen and oxygen atoms in total. The zero-order valence-electron chi connectivity index (χ0n) is 12.1. The molecule has 1 amide bonds. The Morgan fingerprint density at radius 3 is 2.73 bits per heavy atom. The summed E-state index contributed by atoms with van der Waals surface area (Å²) in [5.74, 6) is -1.04. The second-order valence-electron chi connectivity index (χ2n) is 4.86. The van der Waals surface area contributed by atoms with Crippen LogP contribution >= 0.6 is 27.5 Å². The van der Waals surface area contributed by atoms with Gasteiger partial charge in [-0.3, -0.25) is 4.79 Å². The summed E-state index contributed by atoms with van der Waals surface area (Å²) in [7, 11) is 1.22. The Kier molecular flexibility index (Phi) is 4.72. The average Bonchev–Trinajstić information content (AvgIpc) is 2.80. The molecule has 118 valence electrons. The van der Waals surface area contributed by atoms with Gasteiger partial charge in [0.25, 0.3) is 0 Å². The topological polar surface area (TPSA) is 89.9 Å². The molecule has 22 heavy (non-hydrogen) atoms. The number of nitrogens with zero attached hydrogens (tertiary/aromatic N) is 2. The minimum Gasteiger partial charge on any atom is -0.464 e. The summed E-state index contributed by atoms with van der Waals surface area (Å²) in [5, 5.41) is 6.40. The van der Waals surface area contributed by atoms with E-state index < -0.39 is 11.6 Å². The maximum atomic E-state index is 11.8. The van der Waals surface area contributed by atoms with Gasteiger partial charge in [0.2, 0.25) is 5.91 Å². The highest BCUT2D eigenvalue weighted by molar-refractivity contribution is 9.18. The first kappa shape index (κ1) is 16.7. The lowest BCUT2D eigenvalue weighted by Crippen LogP contribution is -2.25. The molecule has 1 aromatic heterocycles. The van der Waals surface area contributed by atoms with Crippen LogP contribution in [0.2, 0.25) is 5.02 Å². The number of halogens is 2. The molecular weight excluding hydrogens is 378 g/mol. The van der Waals surface area contributed by atoms with Crippen LogP contribution < -0.4 is 5.32 Å². The molecule has 0 bridgehead atoms. The number of hydrogen-bond donors (Lipinski definition) is 1. The van der Waals surface area contributed by atoms with Gasteiger partial charge in [0.05, 0.1) is 23.5 Å². The molecule has 0 radical (unpaired) electrons. The second-order valence-corrected chi connectivity index (χ2v) is 6.15. The third-order valence-corrected chi connectivity index (χ3v) is 3.83. The van der Waals surface area contributed by atoms with E-state index in [0.717, 1.165) is 0 Å². The fourth-order valence-electron chi connectivity index (χ4n) is 1.94. The summed E-state index contributed by atoms with van der Waals surface area (Å²) in [6.07, 6.45) is 0.432. The molecule has 2 rings (SSSR count). The van der Waals surface area contributed by atoms with Gasteiger partial charge >= 0.3 is 5.97 Å². The van der Waals surface area contributed by atoms with Gasteiger partial charge in [-0.1, -0.05) is 16.8 Å². The van der Waals surface area contributed by atoms with Gasteiger partial charge in [0.1, 0.15) is 4.62 Å². The predicted octanol–water partition coefficient (Wildman–Crippen LogP) is 2.82. The van der Waals surface area contributed by atoms with Crippen molar-refractivity contribution in [1.82, 2.24) is 4.98 Å². The zero-order chi connectivity index (χ0) is 16.5. The van der Waals surface area contributed by atoms with E-state index in [4.69, 9.17) is 16.4 Å². The summed E-state index contributed by atoms with van der Waals surface area (Å²) in [6.45, 7) is 3.10. The van der Waals surface area contributed by atoms with E-state index in [-0.39, 0.29) is 22.3 Å². The molecule has 1 unspecified atom stereocenters. The van der Waals surface area contributed by atoms with E-state index in [9.17, 15) is 9.59 Å². The molecule has 1 aromatic rings. The minimum atomic E-state index is -0.876. The number of carbonyl (C=O) groups excluding carboxylic acids is 2. The summed E-state index contributed by atoms with van der Waals surface area (Å²) in [6, 6.07) is 1.55. The Morgan fingerprint density at radius 1 is 1.55 bits per heavy atom. The third kappa shape index (κ3) is 3.22. The van der Waals surface area contributed by atoms with Gasteiger partial charge in [-0.2, -0.15) is 0 Å². The van der Waals surface area contributed by atoms with Crippen molar-refractivity contribution < 1.29 is 19.2 Å². The maximum Gasteiger partial charge on any atom is 0.358 e. The quantitative estimate of drug-likeness (QED) is 0.802. The molecule has 9 heteroatoms. The van der Waals surface area contributed by atoms with E-state index >= 15 is 0 Å². The first-order chi connectivity index (χ1) is 10.3. The van der Waals surface area contributed by atoms with E-state index in [1.165, 1.54) is 14.0 Å². The fourth-order valence-corrected chi connectivity index (χ4v) is 2.77. The van der Waals surface area contributed by atoms with E-state index in [0.29, 0.717) is 16.7 Å². The van der Waals surface area contributed by atoms with Crippen molar-refractivity contribution in [3.63, 3.8) is 0 Å². The molecule has 0 aliphatic carbocycles. The van der Waals surface area contributed by atoms with Crippen molar-refractivity contribution in [2.45, 2.75) is 25.9 Å². The van der Waals surface area contributed by atoms with Crippen molar-refractivity contribution >= 4 is 49.7 Å². The number of nitrogens with one attached hydrogen (secondary N) is 1. The standard InChI is InChI=1S/C13H13BrClN3O4/c1-6(19)16-7-4-8(13(2)5-9(14)18-22-13)17-11(10(7)15)12(20)21-3/h4H,5H2,1-3H3,(H,16,17,19). The smallest absolute Gasteiger partial charge is 0.358 e. The lowest BCUT2D eigenvalue weighted by molar-refractivity contribution is -0.114. The first-order valence-corrected chi connectivity index (χ1v) is 7.41. The number of methoxy groups -OCH3 is 1. The van der Waals surface area contributed by atoms with Crippen LogP contribution in [0.5, 0.6) is 0 Å². The molecule has 0 aromatic carbocycles. The minimum absolute atomic E-state index is 0.00683. The molecular formula is C13H13BrClN3O4. The molecule has 1 aliphatic heterocycles. The Balaban J connectivity index is 2.55. The molecule has 2 heterocycles. The third-order valence-electron chi connectivity index (χ3n) is 3.02. The molecule has 1 aliphatic rings. The van der Waals surface area contributed by atoms with Gasteiger partial charge in [-0.05, 0) is 28.9 Å². The number of oxime groups is 1. The molecule has 0 fully saturated rings. The lowest BCUT2D eigenvalue weighted by Gasteiger charge is -2.22. The average molecular weight is 391 g/mol. The molecule has 0 saturated heterocycles. The Bertz CT molecular complexity index is 679. The molecule has 1 N–H and O–H groups in total. The van der Waals surface area contributed by atoms with Crippen molar-refractivity contribution in [2.24, 2.45) is 5.16 Å². The number of ether oxygens (including phenoxy) is 1. The fraction of sp³-hybridized carbons (Fsp3) is 0.385. The zero-order valence-corrected chi connectivity index (χ0v) is 14.4. The maximum absolute atomic E-state index is 11.8. The Hall–Kier alpha value is -1.67. The molecule has 1 atom stereocenters. The Labute approximate surface area is 140 Å². The predicted molar refractivity (Wildman–Crippen MR) is 84.3 cm³/mol. The van der Waals surface area contributed by atoms with Crippen LogP contribution in [0, 0.1) is 0 Å². The van der Waals surface area contributed by atoms with E-state index in [2.05, 4.69) is 36.1 Å². The number of anilines is 1. The van der Waals surface area contributed by atoms with Gasteiger partial charge in [0, 0.05) is 13.3 Å². The van der Waals surface area contributed by atoms with Gasteiger partial charge in [-0.15, -0.1) is 0 Å². The van der Waals surface area contributed by atoms with Crippen molar-refractivity contribution in [2.75, 3.05) is 12.4 Å². The van der Waals surface area contributed by atoms with Gasteiger partial charge < -0.3 is 14.9 Å². The van der Waals surface area contributed by atoms with Crippen LogP contribution in [0.15, 0.2) is 11.2 Å².